The molecule has 0 unspecified atom stereocenters. The number of benzene rings is 3. The van der Waals surface area contributed by atoms with Crippen molar-refractivity contribution in [2.24, 2.45) is 0 Å². The zero-order valence-electron chi connectivity index (χ0n) is 20.2. The van der Waals surface area contributed by atoms with Crippen molar-refractivity contribution in [3.63, 3.8) is 0 Å². The number of fused-ring (bicyclic) bond motifs is 1. The van der Waals surface area contributed by atoms with Gasteiger partial charge in [0, 0.05) is 23.1 Å². The van der Waals surface area contributed by atoms with E-state index in [9.17, 15) is 14.7 Å². The molecule has 36 heavy (non-hydrogen) atoms. The number of hydrogen-bond acceptors (Lipinski definition) is 9. The third-order valence-corrected chi connectivity index (χ3v) is 6.04. The second kappa shape index (κ2) is 12.1. The van der Waals surface area contributed by atoms with Crippen LogP contribution in [0.1, 0.15) is 21.5 Å². The zero-order chi connectivity index (χ0) is 24.9. The van der Waals surface area contributed by atoms with Crippen molar-refractivity contribution in [2.45, 2.75) is 6.42 Å². The number of carboxylic acids is 1. The Bertz CT molecular complexity index is 1450. The Balaban J connectivity index is 0.00000361. The first-order chi connectivity index (χ1) is 16.9. The van der Waals surface area contributed by atoms with Crippen LogP contribution in [-0.2, 0) is 11.2 Å². The van der Waals surface area contributed by atoms with Crippen molar-refractivity contribution in [1.29, 1.82) is 0 Å². The van der Waals surface area contributed by atoms with Gasteiger partial charge in [0.25, 0.3) is 0 Å². The topological polar surface area (TPSA) is 111 Å². The van der Waals surface area contributed by atoms with Gasteiger partial charge in [-0.1, -0.05) is 18.2 Å². The van der Waals surface area contributed by atoms with Crippen LogP contribution in [0.4, 0.5) is 0 Å². The standard InChI is InChI=1S/C26H22N2O6S.Na/c1-32-18-6-4-5-15(11-18)12-19(25(29)17-8-10-22(33-2)23(14-17)34-3)24(26(30)31)16-7-9-20-21(13-16)28-35-27-20;/h4-11,13-14H,12H2,1-3H3,(H,30,31);/q;+1/p-1/b24-19+;. The molecular weight excluding hydrogens is 491 g/mol. The van der Waals surface area contributed by atoms with E-state index in [0.717, 1.165) is 11.7 Å². The molecule has 0 spiro atoms. The van der Waals surface area contributed by atoms with Crippen LogP contribution in [0.5, 0.6) is 17.2 Å². The normalized spacial score (nSPS) is 11.3. The number of ether oxygens (including phenoxy) is 3. The molecule has 0 radical (unpaired) electrons. The molecule has 178 valence electrons. The second-order valence-corrected chi connectivity index (χ2v) is 8.06. The van der Waals surface area contributed by atoms with E-state index in [1.54, 1.807) is 54.6 Å². The fourth-order valence-electron chi connectivity index (χ4n) is 3.77. The molecule has 8 nitrogen and oxygen atoms in total. The van der Waals surface area contributed by atoms with E-state index in [1.165, 1.54) is 27.4 Å². The fraction of sp³-hybridized carbons (Fsp3) is 0.154. The van der Waals surface area contributed by atoms with Gasteiger partial charge in [-0.3, -0.25) is 4.79 Å². The summed E-state index contributed by atoms with van der Waals surface area (Å²) in [6, 6.07) is 16.6. The van der Waals surface area contributed by atoms with Gasteiger partial charge in [-0.15, -0.1) is 0 Å². The summed E-state index contributed by atoms with van der Waals surface area (Å²) in [6.45, 7) is 0. The summed E-state index contributed by atoms with van der Waals surface area (Å²) < 4.78 is 24.2. The summed E-state index contributed by atoms with van der Waals surface area (Å²) in [5.74, 6) is -0.567. The van der Waals surface area contributed by atoms with Gasteiger partial charge >= 0.3 is 29.6 Å². The number of carbonyl (C=O) groups is 2. The molecule has 0 aliphatic heterocycles. The molecule has 3 aromatic carbocycles. The predicted molar refractivity (Wildman–Crippen MR) is 130 cm³/mol. The number of methoxy groups -OCH3 is 3. The number of ketones is 1. The third-order valence-electron chi connectivity index (χ3n) is 5.48. The van der Waals surface area contributed by atoms with Crippen LogP contribution in [0, 0.1) is 0 Å². The van der Waals surface area contributed by atoms with Gasteiger partial charge in [0.2, 0.25) is 0 Å². The van der Waals surface area contributed by atoms with E-state index < -0.39 is 11.8 Å². The molecule has 10 heteroatoms. The van der Waals surface area contributed by atoms with Gasteiger partial charge in [0.05, 0.1) is 39.0 Å². The molecule has 0 aliphatic carbocycles. The first kappa shape index (κ1) is 27.3. The predicted octanol–water partition coefficient (Wildman–Crippen LogP) is 0.350. The third kappa shape index (κ3) is 5.76. The average molecular weight is 513 g/mol. The molecule has 0 atom stereocenters. The van der Waals surface area contributed by atoms with Gasteiger partial charge in [-0.05, 0) is 53.6 Å². The Morgan fingerprint density at radius 1 is 0.833 bits per heavy atom. The fourth-order valence-corrected chi connectivity index (χ4v) is 4.29. The smallest absolute Gasteiger partial charge is 0.545 e. The van der Waals surface area contributed by atoms with Gasteiger partial charge in [0.1, 0.15) is 16.8 Å². The van der Waals surface area contributed by atoms with Crippen molar-refractivity contribution < 1.29 is 58.5 Å². The summed E-state index contributed by atoms with van der Waals surface area (Å²) in [6.07, 6.45) is 0.0288. The summed E-state index contributed by atoms with van der Waals surface area (Å²) in [5.41, 5.74) is 2.24. The summed E-state index contributed by atoms with van der Waals surface area (Å²) in [5, 5.41) is 12.5. The number of nitrogens with zero attached hydrogens (tertiary/aromatic N) is 2. The zero-order valence-corrected chi connectivity index (χ0v) is 23.0. The minimum atomic E-state index is -1.47. The van der Waals surface area contributed by atoms with Gasteiger partial charge in [-0.25, -0.2) is 0 Å². The average Bonchev–Trinajstić information content (AvgIpc) is 3.35. The largest absolute Gasteiger partial charge is 1.00 e. The van der Waals surface area contributed by atoms with Crippen LogP contribution in [-0.4, -0.2) is 41.8 Å². The van der Waals surface area contributed by atoms with Gasteiger partial charge < -0.3 is 24.1 Å². The Morgan fingerprint density at radius 2 is 1.56 bits per heavy atom. The number of rotatable bonds is 9. The molecule has 4 rings (SSSR count). The van der Waals surface area contributed by atoms with Crippen molar-refractivity contribution in [3.05, 3.63) is 82.9 Å². The van der Waals surface area contributed by atoms with E-state index in [1.807, 2.05) is 0 Å². The molecule has 1 aromatic heterocycles. The number of aliphatic carboxylic acids is 1. The van der Waals surface area contributed by atoms with E-state index in [2.05, 4.69) is 8.75 Å². The molecule has 0 fully saturated rings. The molecule has 0 saturated carbocycles. The SMILES string of the molecule is COc1cccc(C/C(C(=O)c2ccc(OC)c(OC)c2)=C(\C(=O)[O-])c2ccc3nsnc3c2)c1.[Na+]. The van der Waals surface area contributed by atoms with Gasteiger partial charge in [-0.2, -0.15) is 8.75 Å². The number of carbonyl (C=O) groups excluding carboxylic acids is 2. The number of carboxylic acid groups (broad SMARTS) is 1. The molecule has 0 aliphatic rings. The van der Waals surface area contributed by atoms with E-state index in [0.29, 0.717) is 39.4 Å². The number of aromatic nitrogens is 2. The maximum Gasteiger partial charge on any atom is 1.00 e. The van der Waals surface area contributed by atoms with Crippen molar-refractivity contribution >= 4 is 40.1 Å². The summed E-state index contributed by atoms with van der Waals surface area (Å²) in [7, 11) is 4.49. The minimum absolute atomic E-state index is 0. The Labute approximate surface area is 234 Å². The van der Waals surface area contributed by atoms with Crippen LogP contribution < -0.4 is 48.9 Å². The van der Waals surface area contributed by atoms with Crippen LogP contribution in [0.2, 0.25) is 0 Å². The number of hydrogen-bond donors (Lipinski definition) is 0. The summed E-state index contributed by atoms with van der Waals surface area (Å²) in [4.78, 5) is 26.3. The molecule has 0 N–H and O–H groups in total. The van der Waals surface area contributed by atoms with Crippen molar-refractivity contribution in [2.75, 3.05) is 21.3 Å². The molecular formula is C26H21N2NaO6S. The molecule has 0 amide bonds. The first-order valence-electron chi connectivity index (χ1n) is 10.5. The van der Waals surface area contributed by atoms with Crippen molar-refractivity contribution in [1.82, 2.24) is 8.75 Å². The van der Waals surface area contributed by atoms with E-state index in [4.69, 9.17) is 14.2 Å². The van der Waals surface area contributed by atoms with E-state index in [-0.39, 0.29) is 52.7 Å². The first-order valence-corrected chi connectivity index (χ1v) is 11.2. The van der Waals surface area contributed by atoms with Crippen LogP contribution in [0.25, 0.3) is 16.6 Å². The number of Topliss-reactive ketones (excluding diaryl/α,β-unsaturated/α-hetero) is 1. The van der Waals surface area contributed by atoms with E-state index >= 15 is 0 Å². The number of allylic oxidation sites excluding steroid dienone is 1. The Hall–Kier alpha value is -3.24. The monoisotopic (exact) mass is 512 g/mol. The minimum Gasteiger partial charge on any atom is -0.545 e. The van der Waals surface area contributed by atoms with Crippen molar-refractivity contribution in [3.8, 4) is 17.2 Å². The van der Waals surface area contributed by atoms with Gasteiger partial charge in [0.15, 0.2) is 17.3 Å². The Kier molecular flexibility index (Phi) is 9.22. The Morgan fingerprint density at radius 3 is 2.25 bits per heavy atom. The van der Waals surface area contributed by atoms with Crippen LogP contribution in [0.15, 0.2) is 66.2 Å². The maximum atomic E-state index is 13.8. The van der Waals surface area contributed by atoms with Crippen LogP contribution in [0.3, 0.4) is 0 Å². The molecule has 4 aromatic rings. The molecule has 0 bridgehead atoms. The molecule has 0 saturated heterocycles. The second-order valence-electron chi connectivity index (χ2n) is 7.54. The van der Waals surface area contributed by atoms with Crippen LogP contribution >= 0.6 is 11.7 Å². The maximum absolute atomic E-state index is 13.8. The quantitative estimate of drug-likeness (QED) is 0.180. The molecule has 1 heterocycles. The summed E-state index contributed by atoms with van der Waals surface area (Å²) >= 11 is 1.02.